The van der Waals surface area contributed by atoms with Crippen LogP contribution in [-0.2, 0) is 0 Å². The van der Waals surface area contributed by atoms with Crippen molar-refractivity contribution in [3.8, 4) is 17.1 Å². The molecule has 1 aromatic carbocycles. The Morgan fingerprint density at radius 1 is 1.33 bits per heavy atom. The second-order valence-corrected chi connectivity index (χ2v) is 4.19. The topological polar surface area (TPSA) is 112 Å². The summed E-state index contributed by atoms with van der Waals surface area (Å²) in [4.78, 5) is 15.4. The fraction of sp³-hybridized carbons (Fsp3) is 0.0769. The number of amides is 1. The van der Waals surface area contributed by atoms with Crippen LogP contribution in [0.4, 0.5) is 5.82 Å². The van der Waals surface area contributed by atoms with Gasteiger partial charge in [0.15, 0.2) is 0 Å². The number of rotatable bonds is 3. The van der Waals surface area contributed by atoms with Gasteiger partial charge in [-0.1, -0.05) is 23.4 Å². The molecule has 3 rings (SSSR count). The zero-order valence-corrected chi connectivity index (χ0v) is 11.1. The SMILES string of the molecule is CNC(=O)c1noc(-c2cnn(-c3ccccc3)c2N)n1. The van der Waals surface area contributed by atoms with Crippen molar-refractivity contribution >= 4 is 11.7 Å². The van der Waals surface area contributed by atoms with Crippen LogP contribution in [0, 0.1) is 0 Å². The normalized spacial score (nSPS) is 10.5. The highest BCUT2D eigenvalue weighted by molar-refractivity contribution is 5.90. The van der Waals surface area contributed by atoms with Gasteiger partial charge in [-0.25, -0.2) is 4.68 Å². The van der Waals surface area contributed by atoms with Crippen molar-refractivity contribution in [2.45, 2.75) is 0 Å². The molecule has 0 atom stereocenters. The fourth-order valence-corrected chi connectivity index (χ4v) is 1.83. The van der Waals surface area contributed by atoms with Crippen molar-refractivity contribution in [2.24, 2.45) is 0 Å². The highest BCUT2D eigenvalue weighted by atomic mass is 16.5. The Hall–Kier alpha value is -3.16. The second-order valence-electron chi connectivity index (χ2n) is 4.19. The molecule has 0 fully saturated rings. The molecule has 0 saturated heterocycles. The lowest BCUT2D eigenvalue weighted by Crippen LogP contribution is -2.19. The Bertz CT molecular complexity index is 777. The molecule has 3 aromatic rings. The molecule has 8 heteroatoms. The Labute approximate surface area is 119 Å². The van der Waals surface area contributed by atoms with Crippen molar-refractivity contribution < 1.29 is 9.32 Å². The minimum absolute atomic E-state index is 0.0561. The first-order chi connectivity index (χ1) is 10.2. The summed E-state index contributed by atoms with van der Waals surface area (Å²) in [6.07, 6.45) is 1.52. The quantitative estimate of drug-likeness (QED) is 0.737. The van der Waals surface area contributed by atoms with Gasteiger partial charge >= 0.3 is 0 Å². The van der Waals surface area contributed by atoms with Crippen LogP contribution in [0.2, 0.25) is 0 Å². The van der Waals surface area contributed by atoms with E-state index in [9.17, 15) is 4.79 Å². The first-order valence-corrected chi connectivity index (χ1v) is 6.16. The van der Waals surface area contributed by atoms with Gasteiger partial charge in [0.25, 0.3) is 17.6 Å². The summed E-state index contributed by atoms with van der Waals surface area (Å²) in [5.41, 5.74) is 7.34. The summed E-state index contributed by atoms with van der Waals surface area (Å²) in [6, 6.07) is 9.41. The van der Waals surface area contributed by atoms with E-state index in [4.69, 9.17) is 10.3 Å². The van der Waals surface area contributed by atoms with Crippen LogP contribution in [0.3, 0.4) is 0 Å². The van der Waals surface area contributed by atoms with Crippen molar-refractivity contribution in [1.82, 2.24) is 25.2 Å². The van der Waals surface area contributed by atoms with Gasteiger partial charge in [0.1, 0.15) is 11.4 Å². The highest BCUT2D eigenvalue weighted by Crippen LogP contribution is 2.26. The maximum Gasteiger partial charge on any atom is 0.292 e. The molecule has 0 saturated carbocycles. The number of hydrogen-bond acceptors (Lipinski definition) is 6. The summed E-state index contributed by atoms with van der Waals surface area (Å²) in [5.74, 6) is 0.0139. The number of hydrogen-bond donors (Lipinski definition) is 2. The van der Waals surface area contributed by atoms with Gasteiger partial charge in [-0.15, -0.1) is 0 Å². The van der Waals surface area contributed by atoms with Crippen LogP contribution in [0.1, 0.15) is 10.6 Å². The Morgan fingerprint density at radius 2 is 2.10 bits per heavy atom. The number of nitrogens with zero attached hydrogens (tertiary/aromatic N) is 4. The van der Waals surface area contributed by atoms with E-state index in [1.54, 1.807) is 4.68 Å². The third-order valence-corrected chi connectivity index (χ3v) is 2.89. The van der Waals surface area contributed by atoms with Crippen molar-refractivity contribution in [3.05, 3.63) is 42.4 Å². The first-order valence-electron chi connectivity index (χ1n) is 6.16. The van der Waals surface area contributed by atoms with Gasteiger partial charge in [0.2, 0.25) is 0 Å². The number of carbonyl (C=O) groups is 1. The molecule has 8 nitrogen and oxygen atoms in total. The van der Waals surface area contributed by atoms with E-state index in [1.807, 2.05) is 30.3 Å². The predicted molar refractivity (Wildman–Crippen MR) is 74.7 cm³/mol. The molecule has 0 aliphatic rings. The van der Waals surface area contributed by atoms with Gasteiger partial charge in [0.05, 0.1) is 11.9 Å². The summed E-state index contributed by atoms with van der Waals surface area (Å²) < 4.78 is 6.60. The van der Waals surface area contributed by atoms with Crippen LogP contribution in [0.25, 0.3) is 17.1 Å². The molecule has 0 bridgehead atoms. The maximum atomic E-state index is 11.4. The lowest BCUT2D eigenvalue weighted by molar-refractivity contribution is 0.0950. The molecule has 0 unspecified atom stereocenters. The monoisotopic (exact) mass is 284 g/mol. The number of nitrogens with one attached hydrogen (secondary N) is 1. The van der Waals surface area contributed by atoms with Crippen LogP contribution in [0.15, 0.2) is 41.1 Å². The highest BCUT2D eigenvalue weighted by Gasteiger charge is 2.19. The first kappa shape index (κ1) is 12.9. The van der Waals surface area contributed by atoms with E-state index in [0.717, 1.165) is 5.69 Å². The minimum atomic E-state index is -0.431. The van der Waals surface area contributed by atoms with Crippen LogP contribution in [-0.4, -0.2) is 32.9 Å². The average molecular weight is 284 g/mol. The van der Waals surface area contributed by atoms with E-state index < -0.39 is 5.91 Å². The van der Waals surface area contributed by atoms with Gasteiger partial charge in [0, 0.05) is 7.05 Å². The fourth-order valence-electron chi connectivity index (χ4n) is 1.83. The zero-order chi connectivity index (χ0) is 14.8. The molecule has 3 N–H and O–H groups in total. The molecule has 0 aliphatic carbocycles. The van der Waals surface area contributed by atoms with Gasteiger partial charge < -0.3 is 15.6 Å². The second kappa shape index (κ2) is 5.08. The largest absolute Gasteiger partial charge is 0.383 e. The summed E-state index contributed by atoms with van der Waals surface area (Å²) >= 11 is 0. The van der Waals surface area contributed by atoms with Crippen LogP contribution < -0.4 is 11.1 Å². The lowest BCUT2D eigenvalue weighted by atomic mass is 10.3. The van der Waals surface area contributed by atoms with Gasteiger partial charge in [-0.05, 0) is 12.1 Å². The number of nitrogen functional groups attached to an aromatic ring is 1. The number of anilines is 1. The van der Waals surface area contributed by atoms with E-state index in [0.29, 0.717) is 11.4 Å². The standard InChI is InChI=1S/C13H12N6O2/c1-15-12(20)11-17-13(21-18-11)9-7-16-19(10(9)14)8-5-3-2-4-6-8/h2-7H,14H2,1H3,(H,15,20). The number of carbonyl (C=O) groups excluding carboxylic acids is 1. The Balaban J connectivity index is 1.99. The third-order valence-electron chi connectivity index (χ3n) is 2.89. The maximum absolute atomic E-state index is 11.4. The molecule has 2 heterocycles. The molecule has 0 aliphatic heterocycles. The Morgan fingerprint density at radius 3 is 2.81 bits per heavy atom. The molecular weight excluding hydrogens is 272 g/mol. The van der Waals surface area contributed by atoms with E-state index in [1.165, 1.54) is 13.2 Å². The zero-order valence-electron chi connectivity index (χ0n) is 11.1. The van der Waals surface area contributed by atoms with Gasteiger partial charge in [-0.3, -0.25) is 4.79 Å². The average Bonchev–Trinajstić information content (AvgIpc) is 3.14. The molecule has 1 amide bonds. The molecule has 2 aromatic heterocycles. The van der Waals surface area contributed by atoms with E-state index in [-0.39, 0.29) is 11.7 Å². The van der Waals surface area contributed by atoms with E-state index in [2.05, 4.69) is 20.6 Å². The summed E-state index contributed by atoms with van der Waals surface area (Å²) in [7, 11) is 1.49. The van der Waals surface area contributed by atoms with Crippen LogP contribution >= 0.6 is 0 Å². The van der Waals surface area contributed by atoms with Crippen LogP contribution in [0.5, 0.6) is 0 Å². The predicted octanol–water partition coefficient (Wildman–Crippen LogP) is 0.864. The molecule has 21 heavy (non-hydrogen) atoms. The van der Waals surface area contributed by atoms with Crippen molar-refractivity contribution in [2.75, 3.05) is 12.8 Å². The number of benzene rings is 1. The summed E-state index contributed by atoms with van der Waals surface area (Å²) in [6.45, 7) is 0. The smallest absolute Gasteiger partial charge is 0.292 e. The van der Waals surface area contributed by atoms with E-state index >= 15 is 0 Å². The number of nitrogens with two attached hydrogens (primary N) is 1. The summed E-state index contributed by atoms with van der Waals surface area (Å²) in [5, 5.41) is 10.2. The number of para-hydroxylation sites is 1. The molecule has 0 radical (unpaired) electrons. The molecule has 0 spiro atoms. The van der Waals surface area contributed by atoms with Crippen molar-refractivity contribution in [3.63, 3.8) is 0 Å². The minimum Gasteiger partial charge on any atom is -0.383 e. The van der Waals surface area contributed by atoms with Gasteiger partial charge in [-0.2, -0.15) is 10.1 Å². The third kappa shape index (κ3) is 2.22. The lowest BCUT2D eigenvalue weighted by Gasteiger charge is -2.03. The number of aromatic nitrogens is 4. The molecular formula is C13H12N6O2. The van der Waals surface area contributed by atoms with Crippen molar-refractivity contribution in [1.29, 1.82) is 0 Å². The molecule has 106 valence electrons. The Kier molecular flexibility index (Phi) is 3.11.